The number of phenols is 1. The van der Waals surface area contributed by atoms with Crippen molar-refractivity contribution in [1.29, 1.82) is 0 Å². The molecule has 0 spiro atoms. The van der Waals surface area contributed by atoms with Crippen LogP contribution in [-0.2, 0) is 20.2 Å². The van der Waals surface area contributed by atoms with Gasteiger partial charge in [0, 0.05) is 24.2 Å². The van der Waals surface area contributed by atoms with Gasteiger partial charge in [0.05, 0.1) is 5.39 Å². The number of hydrogen-bond donors (Lipinski definition) is 6. The van der Waals surface area contributed by atoms with Crippen LogP contribution in [-0.4, -0.2) is 37.6 Å². The van der Waals surface area contributed by atoms with Crippen LogP contribution in [0.15, 0.2) is 52.3 Å². The van der Waals surface area contributed by atoms with E-state index in [-0.39, 0.29) is 22.1 Å². The van der Waals surface area contributed by atoms with Crippen LogP contribution in [0, 0.1) is 0 Å². The Morgan fingerprint density at radius 1 is 1.03 bits per heavy atom. The molecule has 3 aromatic rings. The van der Waals surface area contributed by atoms with Gasteiger partial charge in [0.15, 0.2) is 22.0 Å². The van der Waals surface area contributed by atoms with Gasteiger partial charge in [0.1, 0.15) is 16.3 Å². The normalized spacial score (nSPS) is 13.8. The van der Waals surface area contributed by atoms with Crippen LogP contribution in [0.5, 0.6) is 5.75 Å². The maximum absolute atomic E-state index is 12.1. The molecule has 0 bridgehead atoms. The lowest BCUT2D eigenvalue weighted by molar-refractivity contribution is -0.481. The molecule has 162 valence electrons. The summed E-state index contributed by atoms with van der Waals surface area (Å²) in [5, 5.41) is 15.6. The Morgan fingerprint density at radius 3 is 2.45 bits per heavy atom. The Balaban J connectivity index is 2.01. The summed E-state index contributed by atoms with van der Waals surface area (Å²) in [7, 11) is -9.41. The number of hydrogen-bond acceptors (Lipinski definition) is 6. The molecule has 0 aliphatic carbocycles. The predicted octanol–water partition coefficient (Wildman–Crippen LogP) is 0.878. The van der Waals surface area contributed by atoms with Crippen molar-refractivity contribution in [3.63, 3.8) is 0 Å². The lowest BCUT2D eigenvalue weighted by Crippen LogP contribution is -2.72. The van der Waals surface area contributed by atoms with Gasteiger partial charge < -0.3 is 16.2 Å². The summed E-state index contributed by atoms with van der Waals surface area (Å²) in [5.74, 6) is -0.499. The van der Waals surface area contributed by atoms with Gasteiger partial charge in [-0.15, -0.1) is 0 Å². The maximum atomic E-state index is 12.1. The summed E-state index contributed by atoms with van der Waals surface area (Å²) >= 11 is 0. The van der Waals surface area contributed by atoms with Gasteiger partial charge in [-0.2, -0.15) is 16.8 Å². The second-order valence-electron chi connectivity index (χ2n) is 7.01. The average molecular weight is 466 g/mol. The van der Waals surface area contributed by atoms with Crippen LogP contribution < -0.4 is 16.4 Å². The van der Waals surface area contributed by atoms with Crippen molar-refractivity contribution in [2.45, 2.75) is 9.79 Å². The second kappa shape index (κ2) is 7.30. The first-order valence-corrected chi connectivity index (χ1v) is 11.8. The smallest absolute Gasteiger partial charge is 0.300 e. The van der Waals surface area contributed by atoms with E-state index in [0.29, 0.717) is 12.2 Å². The first kappa shape index (κ1) is 21.2. The minimum Gasteiger partial charge on any atom is -0.502 e. The number of para-hydroxylation sites is 1. The topological polar surface area (TPSA) is 185 Å². The fourth-order valence-electron chi connectivity index (χ4n) is 3.63. The SMILES string of the molecule is [NH3+]c1cc(S(=O)(=O)O)cc2cc(S(=O)(=O)O)c([NH2+]c3cccc4c3NCC=C4)c(O)c12. The van der Waals surface area contributed by atoms with Crippen molar-refractivity contribution in [3.8, 4) is 5.75 Å². The van der Waals surface area contributed by atoms with E-state index < -0.39 is 35.8 Å². The van der Waals surface area contributed by atoms with E-state index in [1.54, 1.807) is 12.1 Å². The molecule has 0 unspecified atom stereocenters. The Hall–Kier alpha value is -3.00. The summed E-state index contributed by atoms with van der Waals surface area (Å²) in [5.41, 5.74) is 5.75. The molecule has 0 amide bonds. The molecule has 0 aromatic heterocycles. The summed E-state index contributed by atoms with van der Waals surface area (Å²) < 4.78 is 66.4. The minimum absolute atomic E-state index is 0.0291. The molecular formula is C19H19N3O7S2+2. The number of phenolic OH excluding ortho intramolecular Hbond substituents is 1. The molecule has 0 radical (unpaired) electrons. The maximum Gasteiger partial charge on any atom is 0.300 e. The van der Waals surface area contributed by atoms with Gasteiger partial charge in [0.25, 0.3) is 10.1 Å². The number of benzene rings is 3. The van der Waals surface area contributed by atoms with Crippen LogP contribution in [0.25, 0.3) is 16.8 Å². The molecule has 31 heavy (non-hydrogen) atoms. The van der Waals surface area contributed by atoms with Gasteiger partial charge >= 0.3 is 10.1 Å². The van der Waals surface area contributed by atoms with Gasteiger partial charge in [-0.1, -0.05) is 24.3 Å². The van der Waals surface area contributed by atoms with E-state index in [4.69, 9.17) is 0 Å². The molecule has 1 aliphatic rings. The van der Waals surface area contributed by atoms with Crippen molar-refractivity contribution in [2.75, 3.05) is 11.9 Å². The third-order valence-corrected chi connectivity index (χ3v) is 6.69. The van der Waals surface area contributed by atoms with Gasteiger partial charge in [-0.3, -0.25) is 14.4 Å². The highest BCUT2D eigenvalue weighted by Crippen LogP contribution is 2.40. The van der Waals surface area contributed by atoms with Crippen LogP contribution in [0.2, 0.25) is 0 Å². The van der Waals surface area contributed by atoms with Crippen LogP contribution in [0.4, 0.5) is 22.7 Å². The summed E-state index contributed by atoms with van der Waals surface area (Å²) in [4.78, 5) is -1.14. The zero-order chi connectivity index (χ0) is 22.6. The van der Waals surface area contributed by atoms with E-state index in [1.165, 1.54) is 5.32 Å². The largest absolute Gasteiger partial charge is 0.502 e. The van der Waals surface area contributed by atoms with Crippen LogP contribution in [0.1, 0.15) is 5.56 Å². The first-order chi connectivity index (χ1) is 14.5. The molecule has 0 atom stereocenters. The molecule has 12 heteroatoms. The van der Waals surface area contributed by atoms with Crippen molar-refractivity contribution >= 4 is 59.8 Å². The minimum atomic E-state index is -4.81. The highest BCUT2D eigenvalue weighted by atomic mass is 32.2. The highest BCUT2D eigenvalue weighted by molar-refractivity contribution is 7.86. The number of rotatable bonds is 4. The summed E-state index contributed by atoms with van der Waals surface area (Å²) in [6.45, 7) is 0.564. The molecule has 1 aliphatic heterocycles. The van der Waals surface area contributed by atoms with E-state index in [1.807, 2.05) is 18.2 Å². The quantitative estimate of drug-likeness (QED) is 0.186. The van der Waals surface area contributed by atoms with Crippen molar-refractivity contribution in [2.24, 2.45) is 0 Å². The molecule has 10 nitrogen and oxygen atoms in total. The second-order valence-corrected chi connectivity index (χ2v) is 9.82. The Kier molecular flexibility index (Phi) is 5.00. The lowest BCUT2D eigenvalue weighted by atomic mass is 10.0. The van der Waals surface area contributed by atoms with E-state index >= 15 is 0 Å². The average Bonchev–Trinajstić information content (AvgIpc) is 2.68. The monoisotopic (exact) mass is 465 g/mol. The fraction of sp³-hybridized carbons (Fsp3) is 0.0526. The number of aromatic hydroxyl groups is 1. The van der Waals surface area contributed by atoms with Gasteiger partial charge in [-0.05, 0) is 17.5 Å². The van der Waals surface area contributed by atoms with E-state index in [2.05, 4.69) is 11.1 Å². The zero-order valence-corrected chi connectivity index (χ0v) is 17.5. The summed E-state index contributed by atoms with van der Waals surface area (Å²) in [6.07, 6.45) is 3.82. The zero-order valence-electron chi connectivity index (χ0n) is 15.9. The molecule has 0 saturated carbocycles. The van der Waals surface area contributed by atoms with E-state index in [9.17, 15) is 31.0 Å². The molecular weight excluding hydrogens is 446 g/mol. The number of nitrogens with two attached hydrogens (primary N) is 1. The predicted molar refractivity (Wildman–Crippen MR) is 113 cm³/mol. The Labute approximate surface area is 177 Å². The van der Waals surface area contributed by atoms with Crippen molar-refractivity contribution < 1.29 is 42.1 Å². The summed E-state index contributed by atoms with van der Waals surface area (Å²) in [6, 6.07) is 8.43. The van der Waals surface area contributed by atoms with Gasteiger partial charge in [-0.25, -0.2) is 0 Å². The lowest BCUT2D eigenvalue weighted by Gasteiger charge is -2.17. The number of nitrogens with one attached hydrogen (secondary N) is 1. The number of quaternary nitrogens is 2. The molecule has 0 saturated heterocycles. The van der Waals surface area contributed by atoms with Crippen molar-refractivity contribution in [1.82, 2.24) is 0 Å². The van der Waals surface area contributed by atoms with Crippen LogP contribution >= 0.6 is 0 Å². The number of anilines is 1. The molecule has 1 heterocycles. The first-order valence-electron chi connectivity index (χ1n) is 8.95. The van der Waals surface area contributed by atoms with Gasteiger partial charge in [0.2, 0.25) is 0 Å². The standard InChI is InChI=1S/C19H17N3O7S2/c20-13-9-12(30(24,25)26)7-11-8-15(31(27,28)29)18(19(23)16(11)13)22-14-5-1-3-10-4-2-6-21-17(10)14/h1-5,7-9,21-23H,6,20H2,(H,24,25,26)(H,27,28,29)/p+2. The Morgan fingerprint density at radius 2 is 1.77 bits per heavy atom. The van der Waals surface area contributed by atoms with Crippen LogP contribution in [0.3, 0.4) is 0 Å². The highest BCUT2D eigenvalue weighted by Gasteiger charge is 2.29. The molecule has 9 N–H and O–H groups in total. The Bertz CT molecular complexity index is 1480. The van der Waals surface area contributed by atoms with E-state index in [0.717, 1.165) is 29.4 Å². The van der Waals surface area contributed by atoms with Crippen molar-refractivity contribution in [3.05, 3.63) is 48.0 Å². The molecule has 4 rings (SSSR count). The third-order valence-electron chi connectivity index (χ3n) is 4.97. The third kappa shape index (κ3) is 3.87. The molecule has 3 aromatic carbocycles. The number of fused-ring (bicyclic) bond motifs is 2. The fourth-order valence-corrected chi connectivity index (χ4v) is 4.90. The molecule has 0 fully saturated rings.